The van der Waals surface area contributed by atoms with Crippen molar-refractivity contribution in [3.8, 4) is 0 Å². The second kappa shape index (κ2) is 3.23. The Kier molecular flexibility index (Phi) is 2.01. The largest absolute Gasteiger partial charge is 0.358 e. The number of fused-ring (bicyclic) bond motifs is 2. The molecule has 76 valence electrons. The average Bonchev–Trinajstić information content (AvgIpc) is 2.82. The van der Waals surface area contributed by atoms with Gasteiger partial charge in [0.15, 0.2) is 5.13 Å². The van der Waals surface area contributed by atoms with E-state index in [9.17, 15) is 0 Å². The van der Waals surface area contributed by atoms with Crippen LogP contribution in [0.4, 0.5) is 5.13 Å². The van der Waals surface area contributed by atoms with Crippen molar-refractivity contribution in [2.24, 2.45) is 11.8 Å². The molecule has 0 amide bonds. The topological polar surface area (TPSA) is 24.9 Å². The lowest BCUT2D eigenvalue weighted by Crippen LogP contribution is -2.25. The Labute approximate surface area is 88.7 Å². The minimum Gasteiger partial charge on any atom is -0.358 e. The molecule has 2 saturated carbocycles. The molecule has 14 heavy (non-hydrogen) atoms. The zero-order chi connectivity index (χ0) is 9.54. The number of rotatable bonds is 2. The fourth-order valence-electron chi connectivity index (χ4n) is 3.00. The van der Waals surface area contributed by atoms with Crippen LogP contribution in [-0.2, 0) is 0 Å². The molecule has 2 fully saturated rings. The predicted molar refractivity (Wildman–Crippen MR) is 59.7 cm³/mol. The summed E-state index contributed by atoms with van der Waals surface area (Å²) in [5.41, 5.74) is 1.14. The van der Waals surface area contributed by atoms with Crippen LogP contribution in [0.5, 0.6) is 0 Å². The van der Waals surface area contributed by atoms with Crippen molar-refractivity contribution in [3.05, 3.63) is 11.1 Å². The van der Waals surface area contributed by atoms with E-state index < -0.39 is 0 Å². The number of aromatic nitrogens is 1. The molecule has 0 saturated heterocycles. The number of aryl methyl sites for hydroxylation is 1. The fraction of sp³-hybridized carbons (Fsp3) is 0.727. The quantitative estimate of drug-likeness (QED) is 0.808. The third-order valence-electron chi connectivity index (χ3n) is 3.67. The van der Waals surface area contributed by atoms with Gasteiger partial charge in [-0.1, -0.05) is 6.42 Å². The minimum atomic E-state index is 0.722. The summed E-state index contributed by atoms with van der Waals surface area (Å²) >= 11 is 1.74. The standard InChI is InChI=1S/C11H16N2S/c1-7-6-14-11(12-7)13-10-5-8-2-3-9(10)4-8/h6,8-10H,2-5H2,1H3,(H,12,13). The van der Waals surface area contributed by atoms with Gasteiger partial charge in [-0.3, -0.25) is 0 Å². The second-order valence-electron chi connectivity index (χ2n) is 4.72. The molecule has 3 atom stereocenters. The first kappa shape index (κ1) is 8.72. The number of hydrogen-bond acceptors (Lipinski definition) is 3. The molecule has 1 aromatic rings. The molecule has 0 aromatic carbocycles. The van der Waals surface area contributed by atoms with Crippen molar-refractivity contribution in [1.82, 2.24) is 4.98 Å². The van der Waals surface area contributed by atoms with E-state index in [0.29, 0.717) is 0 Å². The summed E-state index contributed by atoms with van der Waals surface area (Å²) < 4.78 is 0. The molecular formula is C11H16N2S. The van der Waals surface area contributed by atoms with Crippen molar-refractivity contribution < 1.29 is 0 Å². The maximum absolute atomic E-state index is 4.47. The molecule has 2 bridgehead atoms. The van der Waals surface area contributed by atoms with Gasteiger partial charge < -0.3 is 5.32 Å². The van der Waals surface area contributed by atoms with Crippen molar-refractivity contribution in [3.63, 3.8) is 0 Å². The van der Waals surface area contributed by atoms with Crippen LogP contribution in [0.1, 0.15) is 31.4 Å². The van der Waals surface area contributed by atoms with Crippen LogP contribution in [0, 0.1) is 18.8 Å². The highest BCUT2D eigenvalue weighted by Gasteiger charge is 2.39. The van der Waals surface area contributed by atoms with Gasteiger partial charge >= 0.3 is 0 Å². The number of anilines is 1. The Morgan fingerprint density at radius 1 is 1.43 bits per heavy atom. The van der Waals surface area contributed by atoms with Gasteiger partial charge in [-0.15, -0.1) is 11.3 Å². The molecule has 3 heteroatoms. The van der Waals surface area contributed by atoms with E-state index in [4.69, 9.17) is 0 Å². The van der Waals surface area contributed by atoms with Crippen LogP contribution in [0.15, 0.2) is 5.38 Å². The van der Waals surface area contributed by atoms with Gasteiger partial charge in [-0.25, -0.2) is 4.98 Å². The Morgan fingerprint density at radius 2 is 2.36 bits per heavy atom. The number of nitrogens with one attached hydrogen (secondary N) is 1. The van der Waals surface area contributed by atoms with Crippen LogP contribution in [0.25, 0.3) is 0 Å². The predicted octanol–water partition coefficient (Wildman–Crippen LogP) is 3.05. The summed E-state index contributed by atoms with van der Waals surface area (Å²) in [6.45, 7) is 2.06. The second-order valence-corrected chi connectivity index (χ2v) is 5.58. The van der Waals surface area contributed by atoms with Crippen LogP contribution in [0.3, 0.4) is 0 Å². The molecule has 3 unspecified atom stereocenters. The Balaban J connectivity index is 1.68. The molecule has 2 aliphatic carbocycles. The molecule has 1 N–H and O–H groups in total. The molecular weight excluding hydrogens is 192 g/mol. The highest BCUT2D eigenvalue weighted by atomic mass is 32.1. The van der Waals surface area contributed by atoms with Gasteiger partial charge in [0.2, 0.25) is 0 Å². The lowest BCUT2D eigenvalue weighted by Gasteiger charge is -2.22. The molecule has 2 aliphatic rings. The smallest absolute Gasteiger partial charge is 0.183 e. The molecule has 2 nitrogen and oxygen atoms in total. The summed E-state index contributed by atoms with van der Waals surface area (Å²) in [5.74, 6) is 1.95. The first-order valence-electron chi connectivity index (χ1n) is 5.50. The first-order valence-corrected chi connectivity index (χ1v) is 6.38. The lowest BCUT2D eigenvalue weighted by molar-refractivity contribution is 0.439. The van der Waals surface area contributed by atoms with Crippen molar-refractivity contribution >= 4 is 16.5 Å². The highest BCUT2D eigenvalue weighted by molar-refractivity contribution is 7.13. The van der Waals surface area contributed by atoms with Gasteiger partial charge in [0.05, 0.1) is 5.69 Å². The van der Waals surface area contributed by atoms with E-state index in [1.54, 1.807) is 11.3 Å². The Hall–Kier alpha value is -0.570. The van der Waals surface area contributed by atoms with Crippen LogP contribution >= 0.6 is 11.3 Å². The summed E-state index contributed by atoms with van der Waals surface area (Å²) in [6, 6.07) is 0.722. The van der Waals surface area contributed by atoms with Crippen LogP contribution in [-0.4, -0.2) is 11.0 Å². The molecule has 1 heterocycles. The zero-order valence-corrected chi connectivity index (χ0v) is 9.31. The van der Waals surface area contributed by atoms with Crippen LogP contribution < -0.4 is 5.32 Å². The monoisotopic (exact) mass is 208 g/mol. The molecule has 0 radical (unpaired) electrons. The van der Waals surface area contributed by atoms with Gasteiger partial charge in [0, 0.05) is 11.4 Å². The maximum atomic E-state index is 4.47. The van der Waals surface area contributed by atoms with E-state index in [0.717, 1.165) is 28.7 Å². The first-order chi connectivity index (χ1) is 6.81. The molecule has 3 rings (SSSR count). The van der Waals surface area contributed by atoms with E-state index in [1.165, 1.54) is 25.7 Å². The summed E-state index contributed by atoms with van der Waals surface area (Å²) in [4.78, 5) is 4.47. The summed E-state index contributed by atoms with van der Waals surface area (Å²) in [6.07, 6.45) is 5.75. The van der Waals surface area contributed by atoms with E-state index in [2.05, 4.69) is 22.6 Å². The molecule has 0 spiro atoms. The third kappa shape index (κ3) is 1.44. The average molecular weight is 208 g/mol. The maximum Gasteiger partial charge on any atom is 0.183 e. The molecule has 0 aliphatic heterocycles. The summed E-state index contributed by atoms with van der Waals surface area (Å²) in [5, 5.41) is 6.85. The van der Waals surface area contributed by atoms with E-state index in [-0.39, 0.29) is 0 Å². The van der Waals surface area contributed by atoms with Gasteiger partial charge in [-0.2, -0.15) is 0 Å². The minimum absolute atomic E-state index is 0.722. The van der Waals surface area contributed by atoms with Crippen molar-refractivity contribution in [2.45, 2.75) is 38.6 Å². The lowest BCUT2D eigenvalue weighted by atomic mass is 9.96. The third-order valence-corrected chi connectivity index (χ3v) is 4.56. The normalized spacial score (nSPS) is 35.1. The van der Waals surface area contributed by atoms with Gasteiger partial charge in [0.1, 0.15) is 0 Å². The van der Waals surface area contributed by atoms with Crippen molar-refractivity contribution in [1.29, 1.82) is 0 Å². The number of nitrogens with zero attached hydrogens (tertiary/aromatic N) is 1. The highest BCUT2D eigenvalue weighted by Crippen LogP contribution is 2.45. The Morgan fingerprint density at radius 3 is 2.93 bits per heavy atom. The van der Waals surface area contributed by atoms with Crippen LogP contribution in [0.2, 0.25) is 0 Å². The number of hydrogen-bond donors (Lipinski definition) is 1. The van der Waals surface area contributed by atoms with Crippen molar-refractivity contribution in [2.75, 3.05) is 5.32 Å². The Bertz CT molecular complexity index is 334. The zero-order valence-electron chi connectivity index (χ0n) is 8.49. The fourth-order valence-corrected chi connectivity index (χ4v) is 3.75. The molecule has 1 aromatic heterocycles. The van der Waals surface area contributed by atoms with Gasteiger partial charge in [-0.05, 0) is 38.0 Å². The van der Waals surface area contributed by atoms with E-state index in [1.807, 2.05) is 0 Å². The SMILES string of the molecule is Cc1csc(NC2CC3CCC2C3)n1. The number of thiazole rings is 1. The summed E-state index contributed by atoms with van der Waals surface area (Å²) in [7, 11) is 0. The van der Waals surface area contributed by atoms with E-state index >= 15 is 0 Å². The van der Waals surface area contributed by atoms with Gasteiger partial charge in [0.25, 0.3) is 0 Å².